The van der Waals surface area contributed by atoms with Crippen molar-refractivity contribution in [1.82, 2.24) is 0 Å². The lowest BCUT2D eigenvalue weighted by Crippen LogP contribution is -2.11. The number of carbonyl (C=O) groups is 1. The molecule has 0 saturated carbocycles. The zero-order chi connectivity index (χ0) is 11.1. The van der Waals surface area contributed by atoms with E-state index in [2.05, 4.69) is 0 Å². The van der Waals surface area contributed by atoms with E-state index in [1.165, 1.54) is 24.3 Å². The Morgan fingerprint density at radius 3 is 2.60 bits per heavy atom. The normalized spacial score (nSPS) is 9.67. The number of phenols is 1. The molecule has 0 aliphatic rings. The Labute approximate surface area is 88.4 Å². The van der Waals surface area contributed by atoms with Gasteiger partial charge >= 0.3 is 6.16 Å². The zero-order valence-corrected chi connectivity index (χ0v) is 8.60. The molecule has 1 aromatic carbocycles. The van der Waals surface area contributed by atoms with Crippen LogP contribution in [0.2, 0.25) is 0 Å². The van der Waals surface area contributed by atoms with Crippen LogP contribution in [0.5, 0.6) is 11.5 Å². The van der Waals surface area contributed by atoms with E-state index in [1.807, 2.05) is 6.92 Å². The Hall–Kier alpha value is -1.71. The third-order valence-electron chi connectivity index (χ3n) is 1.76. The summed E-state index contributed by atoms with van der Waals surface area (Å²) in [4.78, 5) is 11.1. The van der Waals surface area contributed by atoms with Crippen molar-refractivity contribution in [3.63, 3.8) is 0 Å². The molecular formula is C11H14O4. The van der Waals surface area contributed by atoms with Gasteiger partial charge in [0.25, 0.3) is 0 Å². The second-order valence-corrected chi connectivity index (χ2v) is 3.05. The van der Waals surface area contributed by atoms with E-state index in [1.54, 1.807) is 0 Å². The number of benzene rings is 1. The van der Waals surface area contributed by atoms with Crippen molar-refractivity contribution in [2.75, 3.05) is 6.61 Å². The van der Waals surface area contributed by atoms with Crippen molar-refractivity contribution in [2.45, 2.75) is 19.8 Å². The van der Waals surface area contributed by atoms with Crippen LogP contribution in [-0.4, -0.2) is 17.9 Å². The number of aromatic hydroxyl groups is 1. The Morgan fingerprint density at radius 1 is 1.33 bits per heavy atom. The summed E-state index contributed by atoms with van der Waals surface area (Å²) < 4.78 is 9.64. The average molecular weight is 210 g/mol. The molecule has 0 aromatic heterocycles. The van der Waals surface area contributed by atoms with Gasteiger partial charge in [-0.3, -0.25) is 0 Å². The van der Waals surface area contributed by atoms with Crippen LogP contribution in [0.15, 0.2) is 24.3 Å². The molecule has 0 aliphatic carbocycles. The summed E-state index contributed by atoms with van der Waals surface area (Å²) >= 11 is 0. The van der Waals surface area contributed by atoms with E-state index in [0.29, 0.717) is 12.4 Å². The molecule has 0 heterocycles. The summed E-state index contributed by atoms with van der Waals surface area (Å²) in [7, 11) is 0. The maximum atomic E-state index is 11.1. The molecule has 1 rings (SSSR count). The molecule has 0 spiro atoms. The van der Waals surface area contributed by atoms with Gasteiger partial charge in [0.2, 0.25) is 0 Å². The summed E-state index contributed by atoms with van der Waals surface area (Å²) in [5, 5.41) is 8.99. The molecule has 0 amide bonds. The maximum absolute atomic E-state index is 11.1. The van der Waals surface area contributed by atoms with E-state index in [-0.39, 0.29) is 5.75 Å². The summed E-state index contributed by atoms with van der Waals surface area (Å²) in [5.74, 6) is 0.482. The fourth-order valence-corrected chi connectivity index (χ4v) is 0.940. The highest BCUT2D eigenvalue weighted by molar-refractivity contribution is 5.63. The molecule has 1 aromatic rings. The number of rotatable bonds is 4. The molecule has 4 heteroatoms. The minimum absolute atomic E-state index is 0.127. The first kappa shape index (κ1) is 11.4. The monoisotopic (exact) mass is 210 g/mol. The van der Waals surface area contributed by atoms with Crippen LogP contribution in [-0.2, 0) is 4.74 Å². The van der Waals surface area contributed by atoms with E-state index in [0.717, 1.165) is 12.8 Å². The van der Waals surface area contributed by atoms with Gasteiger partial charge in [-0.25, -0.2) is 4.79 Å². The second-order valence-electron chi connectivity index (χ2n) is 3.05. The predicted molar refractivity (Wildman–Crippen MR) is 55.0 cm³/mol. The van der Waals surface area contributed by atoms with Crippen molar-refractivity contribution < 1.29 is 19.4 Å². The van der Waals surface area contributed by atoms with Gasteiger partial charge in [-0.1, -0.05) is 13.3 Å². The molecule has 0 unspecified atom stereocenters. The van der Waals surface area contributed by atoms with Gasteiger partial charge in [-0.15, -0.1) is 0 Å². The SMILES string of the molecule is CCCCOC(=O)Oc1ccc(O)cc1. The summed E-state index contributed by atoms with van der Waals surface area (Å²) in [5.41, 5.74) is 0. The molecule has 0 bridgehead atoms. The van der Waals surface area contributed by atoms with Crippen LogP contribution in [0, 0.1) is 0 Å². The topological polar surface area (TPSA) is 55.8 Å². The van der Waals surface area contributed by atoms with Crippen molar-refractivity contribution in [3.8, 4) is 11.5 Å². The summed E-state index contributed by atoms with van der Waals surface area (Å²) in [6.45, 7) is 2.38. The highest BCUT2D eigenvalue weighted by atomic mass is 16.7. The van der Waals surface area contributed by atoms with Crippen LogP contribution in [0.4, 0.5) is 4.79 Å². The van der Waals surface area contributed by atoms with Crippen LogP contribution in [0.1, 0.15) is 19.8 Å². The molecule has 0 saturated heterocycles. The second kappa shape index (κ2) is 5.90. The Bertz CT molecular complexity index is 305. The van der Waals surface area contributed by atoms with Gasteiger partial charge in [0, 0.05) is 0 Å². The Kier molecular flexibility index (Phi) is 4.47. The van der Waals surface area contributed by atoms with Crippen LogP contribution in [0.3, 0.4) is 0 Å². The highest BCUT2D eigenvalue weighted by Gasteiger charge is 2.04. The van der Waals surface area contributed by atoms with E-state index in [9.17, 15) is 4.79 Å². The number of hydrogen-bond acceptors (Lipinski definition) is 4. The largest absolute Gasteiger partial charge is 0.513 e. The number of ether oxygens (including phenoxy) is 2. The standard InChI is InChI=1S/C11H14O4/c1-2-3-8-14-11(13)15-10-6-4-9(12)5-7-10/h4-7,12H,2-3,8H2,1H3. The van der Waals surface area contributed by atoms with E-state index >= 15 is 0 Å². The minimum Gasteiger partial charge on any atom is -0.508 e. The molecule has 0 radical (unpaired) electrons. The van der Waals surface area contributed by atoms with Crippen molar-refractivity contribution in [3.05, 3.63) is 24.3 Å². The van der Waals surface area contributed by atoms with Crippen LogP contribution >= 0.6 is 0 Å². The first-order valence-corrected chi connectivity index (χ1v) is 4.86. The Morgan fingerprint density at radius 2 is 2.00 bits per heavy atom. The van der Waals surface area contributed by atoms with Crippen molar-refractivity contribution >= 4 is 6.16 Å². The predicted octanol–water partition coefficient (Wildman–Crippen LogP) is 2.71. The third-order valence-corrected chi connectivity index (χ3v) is 1.76. The van der Waals surface area contributed by atoms with E-state index < -0.39 is 6.16 Å². The smallest absolute Gasteiger partial charge is 0.508 e. The molecule has 0 aliphatic heterocycles. The highest BCUT2D eigenvalue weighted by Crippen LogP contribution is 2.16. The lowest BCUT2D eigenvalue weighted by atomic mass is 10.3. The molecule has 15 heavy (non-hydrogen) atoms. The minimum atomic E-state index is -0.714. The average Bonchev–Trinajstić information content (AvgIpc) is 2.22. The number of unbranched alkanes of at least 4 members (excludes halogenated alkanes) is 1. The van der Waals surface area contributed by atoms with Gasteiger partial charge in [-0.2, -0.15) is 0 Å². The van der Waals surface area contributed by atoms with Gasteiger partial charge in [-0.05, 0) is 30.7 Å². The van der Waals surface area contributed by atoms with Crippen molar-refractivity contribution in [1.29, 1.82) is 0 Å². The quantitative estimate of drug-likeness (QED) is 0.471. The fraction of sp³-hybridized carbons (Fsp3) is 0.364. The van der Waals surface area contributed by atoms with Gasteiger partial charge in [0.15, 0.2) is 0 Å². The van der Waals surface area contributed by atoms with Crippen LogP contribution < -0.4 is 4.74 Å². The number of hydrogen-bond donors (Lipinski definition) is 1. The van der Waals surface area contributed by atoms with Crippen LogP contribution in [0.25, 0.3) is 0 Å². The van der Waals surface area contributed by atoms with Gasteiger partial charge in [0.05, 0.1) is 6.61 Å². The molecule has 4 nitrogen and oxygen atoms in total. The molecule has 0 atom stereocenters. The van der Waals surface area contributed by atoms with Crippen molar-refractivity contribution in [2.24, 2.45) is 0 Å². The molecular weight excluding hydrogens is 196 g/mol. The number of carbonyl (C=O) groups excluding carboxylic acids is 1. The lowest BCUT2D eigenvalue weighted by Gasteiger charge is -2.04. The zero-order valence-electron chi connectivity index (χ0n) is 8.60. The fourth-order valence-electron chi connectivity index (χ4n) is 0.940. The molecule has 0 fully saturated rings. The number of phenolic OH excluding ortho intramolecular Hbond substituents is 1. The summed E-state index contributed by atoms with van der Waals surface area (Å²) in [6.07, 6.45) is 1.08. The Balaban J connectivity index is 2.34. The van der Waals surface area contributed by atoms with Gasteiger partial charge < -0.3 is 14.6 Å². The third kappa shape index (κ3) is 4.35. The first-order valence-electron chi connectivity index (χ1n) is 4.86. The van der Waals surface area contributed by atoms with Gasteiger partial charge in [0.1, 0.15) is 11.5 Å². The molecule has 1 N–H and O–H groups in total. The summed E-state index contributed by atoms with van der Waals surface area (Å²) in [6, 6.07) is 5.87. The lowest BCUT2D eigenvalue weighted by molar-refractivity contribution is 0.0978. The maximum Gasteiger partial charge on any atom is 0.513 e. The molecule has 82 valence electrons. The first-order chi connectivity index (χ1) is 7.22. The van der Waals surface area contributed by atoms with E-state index in [4.69, 9.17) is 14.6 Å².